The molecule has 0 bridgehead atoms. The van der Waals surface area contributed by atoms with Crippen molar-refractivity contribution < 1.29 is 5.11 Å². The van der Waals surface area contributed by atoms with Crippen LogP contribution in [0.4, 0.5) is 0 Å². The summed E-state index contributed by atoms with van der Waals surface area (Å²) in [5, 5.41) is 12.8. The average molecular weight is 191 g/mol. The molecule has 1 aromatic rings. The molecule has 1 aromatic carbocycles. The topological polar surface area (TPSA) is 32.3 Å². The lowest BCUT2D eigenvalue weighted by molar-refractivity contribution is 0.193. The van der Waals surface area contributed by atoms with Crippen molar-refractivity contribution in [2.45, 2.75) is 32.4 Å². The Morgan fingerprint density at radius 1 is 1.36 bits per heavy atom. The number of benzene rings is 1. The molecule has 1 fully saturated rings. The zero-order valence-corrected chi connectivity index (χ0v) is 8.75. The fraction of sp³-hybridized carbons (Fsp3) is 0.500. The molecule has 0 aliphatic carbocycles. The van der Waals surface area contributed by atoms with Gasteiger partial charge in [-0.1, -0.05) is 23.8 Å². The molecular weight excluding hydrogens is 174 g/mol. The molecule has 2 atom stereocenters. The van der Waals surface area contributed by atoms with Crippen LogP contribution in [0.3, 0.4) is 0 Å². The van der Waals surface area contributed by atoms with Crippen LogP contribution < -0.4 is 5.32 Å². The van der Waals surface area contributed by atoms with Gasteiger partial charge in [-0.2, -0.15) is 0 Å². The summed E-state index contributed by atoms with van der Waals surface area (Å²) >= 11 is 0. The van der Waals surface area contributed by atoms with Gasteiger partial charge in [0.05, 0.1) is 6.10 Å². The third-order valence-electron chi connectivity index (χ3n) is 2.91. The van der Waals surface area contributed by atoms with Crippen LogP contribution in [0.15, 0.2) is 18.2 Å². The van der Waals surface area contributed by atoms with Crippen LogP contribution in [-0.4, -0.2) is 17.8 Å². The van der Waals surface area contributed by atoms with Gasteiger partial charge in [0.2, 0.25) is 0 Å². The molecule has 1 aliphatic heterocycles. The van der Waals surface area contributed by atoms with E-state index in [0.29, 0.717) is 6.04 Å². The van der Waals surface area contributed by atoms with Gasteiger partial charge in [0.25, 0.3) is 0 Å². The van der Waals surface area contributed by atoms with Gasteiger partial charge < -0.3 is 10.4 Å². The van der Waals surface area contributed by atoms with E-state index in [1.54, 1.807) is 0 Å². The van der Waals surface area contributed by atoms with Crippen LogP contribution in [0.25, 0.3) is 0 Å². The first-order valence-electron chi connectivity index (χ1n) is 5.15. The van der Waals surface area contributed by atoms with Gasteiger partial charge in [-0.15, -0.1) is 0 Å². The number of aryl methyl sites for hydroxylation is 2. The summed E-state index contributed by atoms with van der Waals surface area (Å²) in [7, 11) is 0. The van der Waals surface area contributed by atoms with Crippen LogP contribution in [0, 0.1) is 13.8 Å². The fourth-order valence-corrected chi connectivity index (χ4v) is 2.17. The monoisotopic (exact) mass is 191 g/mol. The number of rotatable bonds is 1. The predicted octanol–water partition coefficient (Wildman–Crippen LogP) is 1.70. The van der Waals surface area contributed by atoms with Gasteiger partial charge in [0, 0.05) is 12.6 Å². The van der Waals surface area contributed by atoms with Crippen molar-refractivity contribution in [3.05, 3.63) is 34.9 Å². The van der Waals surface area contributed by atoms with Gasteiger partial charge in [-0.25, -0.2) is 0 Å². The first kappa shape index (κ1) is 9.69. The quantitative estimate of drug-likeness (QED) is 0.708. The maximum Gasteiger partial charge on any atom is 0.0682 e. The Morgan fingerprint density at radius 3 is 2.71 bits per heavy atom. The Hall–Kier alpha value is -0.860. The number of hydrogen-bond acceptors (Lipinski definition) is 2. The van der Waals surface area contributed by atoms with Crippen LogP contribution in [0.1, 0.15) is 29.2 Å². The predicted molar refractivity (Wildman–Crippen MR) is 57.3 cm³/mol. The minimum atomic E-state index is -0.180. The molecule has 14 heavy (non-hydrogen) atoms. The highest BCUT2D eigenvalue weighted by atomic mass is 16.3. The Labute approximate surface area is 85.0 Å². The van der Waals surface area contributed by atoms with E-state index in [0.717, 1.165) is 13.0 Å². The van der Waals surface area contributed by atoms with Gasteiger partial charge in [-0.3, -0.25) is 0 Å². The fourth-order valence-electron chi connectivity index (χ4n) is 2.17. The second-order valence-corrected chi connectivity index (χ2v) is 4.21. The smallest absolute Gasteiger partial charge is 0.0682 e. The number of aliphatic hydroxyl groups is 1. The van der Waals surface area contributed by atoms with Crippen molar-refractivity contribution in [3.63, 3.8) is 0 Å². The summed E-state index contributed by atoms with van der Waals surface area (Å²) in [4.78, 5) is 0. The van der Waals surface area contributed by atoms with Gasteiger partial charge in [0.15, 0.2) is 0 Å². The lowest BCUT2D eigenvalue weighted by atomic mass is 9.98. The molecule has 1 aliphatic rings. The summed E-state index contributed by atoms with van der Waals surface area (Å²) < 4.78 is 0. The third kappa shape index (κ3) is 1.81. The van der Waals surface area contributed by atoms with Crippen molar-refractivity contribution in [2.24, 2.45) is 0 Å². The molecule has 2 N–H and O–H groups in total. The van der Waals surface area contributed by atoms with E-state index in [-0.39, 0.29) is 6.10 Å². The Morgan fingerprint density at radius 2 is 2.14 bits per heavy atom. The van der Waals surface area contributed by atoms with Crippen LogP contribution in [0.2, 0.25) is 0 Å². The third-order valence-corrected chi connectivity index (χ3v) is 2.91. The minimum Gasteiger partial charge on any atom is -0.392 e. The average Bonchev–Trinajstić information content (AvgIpc) is 2.51. The number of aliphatic hydroxyl groups excluding tert-OH is 1. The molecule has 2 rings (SSSR count). The highest BCUT2D eigenvalue weighted by molar-refractivity contribution is 5.33. The lowest BCUT2D eigenvalue weighted by Crippen LogP contribution is -2.15. The minimum absolute atomic E-state index is 0.180. The molecule has 0 amide bonds. The molecule has 1 saturated heterocycles. The Kier molecular flexibility index (Phi) is 2.57. The lowest BCUT2D eigenvalue weighted by Gasteiger charge is -2.14. The van der Waals surface area contributed by atoms with E-state index in [1.807, 2.05) is 0 Å². The van der Waals surface area contributed by atoms with E-state index in [4.69, 9.17) is 0 Å². The van der Waals surface area contributed by atoms with Crippen molar-refractivity contribution in [2.75, 3.05) is 6.54 Å². The number of hydrogen-bond donors (Lipinski definition) is 2. The maximum absolute atomic E-state index is 9.44. The summed E-state index contributed by atoms with van der Waals surface area (Å²) in [5.74, 6) is 0. The van der Waals surface area contributed by atoms with Crippen LogP contribution in [0.5, 0.6) is 0 Å². The van der Waals surface area contributed by atoms with Crippen molar-refractivity contribution in [1.82, 2.24) is 5.32 Å². The van der Waals surface area contributed by atoms with Gasteiger partial charge >= 0.3 is 0 Å². The van der Waals surface area contributed by atoms with E-state index in [9.17, 15) is 5.11 Å². The zero-order valence-electron chi connectivity index (χ0n) is 8.75. The Bertz CT molecular complexity index is 335. The van der Waals surface area contributed by atoms with E-state index in [2.05, 4.69) is 37.4 Å². The van der Waals surface area contributed by atoms with E-state index < -0.39 is 0 Å². The molecule has 2 nitrogen and oxygen atoms in total. The molecule has 2 heteroatoms. The SMILES string of the molecule is Cc1ccc(C2CC(O)CN2)c(C)c1. The zero-order chi connectivity index (χ0) is 10.1. The van der Waals surface area contributed by atoms with Crippen molar-refractivity contribution >= 4 is 0 Å². The second kappa shape index (κ2) is 3.71. The highest BCUT2D eigenvalue weighted by Gasteiger charge is 2.24. The van der Waals surface area contributed by atoms with Crippen molar-refractivity contribution in [1.29, 1.82) is 0 Å². The largest absolute Gasteiger partial charge is 0.392 e. The molecule has 76 valence electrons. The summed E-state index contributed by atoms with van der Waals surface area (Å²) in [5.41, 5.74) is 3.94. The number of nitrogens with one attached hydrogen (secondary N) is 1. The second-order valence-electron chi connectivity index (χ2n) is 4.21. The molecule has 0 aromatic heterocycles. The van der Waals surface area contributed by atoms with E-state index in [1.165, 1.54) is 16.7 Å². The molecule has 0 saturated carbocycles. The molecule has 1 heterocycles. The first-order valence-corrected chi connectivity index (χ1v) is 5.15. The summed E-state index contributed by atoms with van der Waals surface area (Å²) in [6.07, 6.45) is 0.657. The molecule has 2 unspecified atom stereocenters. The van der Waals surface area contributed by atoms with Gasteiger partial charge in [-0.05, 0) is 31.4 Å². The van der Waals surface area contributed by atoms with Crippen LogP contribution >= 0.6 is 0 Å². The van der Waals surface area contributed by atoms with Crippen LogP contribution in [-0.2, 0) is 0 Å². The molecule has 0 spiro atoms. The maximum atomic E-state index is 9.44. The summed E-state index contributed by atoms with van der Waals surface area (Å²) in [6, 6.07) is 6.84. The summed E-state index contributed by atoms with van der Waals surface area (Å²) in [6.45, 7) is 4.96. The first-order chi connectivity index (χ1) is 6.66. The highest BCUT2D eigenvalue weighted by Crippen LogP contribution is 2.26. The van der Waals surface area contributed by atoms with E-state index >= 15 is 0 Å². The molecule has 0 radical (unpaired) electrons. The van der Waals surface area contributed by atoms with Gasteiger partial charge in [0.1, 0.15) is 0 Å². The standard InChI is InChI=1S/C12H17NO/c1-8-3-4-11(9(2)5-8)12-6-10(14)7-13-12/h3-5,10,12-14H,6-7H2,1-2H3. The normalized spacial score (nSPS) is 26.8. The van der Waals surface area contributed by atoms with Crippen molar-refractivity contribution in [3.8, 4) is 0 Å². The Balaban J connectivity index is 2.24. The number of β-amino-alcohol motifs (C(OH)–C–C–N with tert-alkyl or cyclic N) is 1. The molecular formula is C12H17NO.